The summed E-state index contributed by atoms with van der Waals surface area (Å²) < 4.78 is 6.35. The Bertz CT molecular complexity index is 3380. The molecule has 11 aromatic rings. The van der Waals surface area contributed by atoms with Crippen LogP contribution < -0.4 is 4.90 Å². The minimum absolute atomic E-state index is 0.518. The van der Waals surface area contributed by atoms with Gasteiger partial charge in [-0.15, -0.1) is 0 Å². The maximum Gasteiger partial charge on any atom is 0.136 e. The molecule has 0 amide bonds. The van der Waals surface area contributed by atoms with Crippen LogP contribution in [0.25, 0.3) is 66.1 Å². The van der Waals surface area contributed by atoms with Crippen molar-refractivity contribution in [2.24, 2.45) is 0 Å². The Morgan fingerprint density at radius 1 is 0.328 bits per heavy atom. The number of hydrogen-bond donors (Lipinski definition) is 0. The second kappa shape index (κ2) is 14.1. The number of fused-ring (bicyclic) bond motifs is 7. The van der Waals surface area contributed by atoms with E-state index in [1.54, 1.807) is 0 Å². The van der Waals surface area contributed by atoms with Crippen LogP contribution in [0.1, 0.15) is 22.3 Å². The van der Waals surface area contributed by atoms with Gasteiger partial charge in [0, 0.05) is 27.8 Å². The fourth-order valence-corrected chi connectivity index (χ4v) is 10.0. The Morgan fingerprint density at radius 3 is 1.75 bits per heavy atom. The highest BCUT2D eigenvalue weighted by Crippen LogP contribution is 2.57. The quantitative estimate of drug-likeness (QED) is 0.160. The Kier molecular flexibility index (Phi) is 8.11. The number of para-hydroxylation sites is 1. The summed E-state index contributed by atoms with van der Waals surface area (Å²) in [4.78, 5) is 2.42. The Hall–Kier alpha value is -7.94. The molecule has 0 saturated heterocycles. The summed E-state index contributed by atoms with van der Waals surface area (Å²) in [5, 5.41) is 4.74. The van der Waals surface area contributed by atoms with Crippen molar-refractivity contribution in [2.45, 2.75) is 5.41 Å². The Morgan fingerprint density at radius 2 is 0.934 bits per heavy atom. The van der Waals surface area contributed by atoms with Crippen molar-refractivity contribution in [3.8, 4) is 33.4 Å². The summed E-state index contributed by atoms with van der Waals surface area (Å²) in [5.41, 5.74) is 16.7. The van der Waals surface area contributed by atoms with Crippen LogP contribution in [-0.2, 0) is 5.41 Å². The zero-order chi connectivity index (χ0) is 40.3. The van der Waals surface area contributed by atoms with Gasteiger partial charge in [0.05, 0.1) is 5.41 Å². The molecule has 0 radical (unpaired) electrons. The second-order valence-corrected chi connectivity index (χ2v) is 16.0. The summed E-state index contributed by atoms with van der Waals surface area (Å²) in [7, 11) is 0. The normalized spacial score (nSPS) is 12.7. The predicted octanol–water partition coefficient (Wildman–Crippen LogP) is 15.9. The molecular formula is C59H39NO. The zero-order valence-electron chi connectivity index (χ0n) is 33.4. The van der Waals surface area contributed by atoms with E-state index >= 15 is 0 Å². The van der Waals surface area contributed by atoms with Gasteiger partial charge in [-0.3, -0.25) is 0 Å². The number of benzene rings is 10. The highest BCUT2D eigenvalue weighted by Gasteiger charge is 2.46. The van der Waals surface area contributed by atoms with Crippen LogP contribution in [-0.4, -0.2) is 0 Å². The Labute approximate surface area is 355 Å². The number of hydrogen-bond acceptors (Lipinski definition) is 2. The average Bonchev–Trinajstić information content (AvgIpc) is 3.86. The summed E-state index contributed by atoms with van der Waals surface area (Å²) in [5.74, 6) is 0. The number of rotatable bonds is 7. The van der Waals surface area contributed by atoms with Crippen LogP contribution in [0.2, 0.25) is 0 Å². The minimum atomic E-state index is -0.518. The maximum absolute atomic E-state index is 6.35. The SMILES string of the molecule is c1ccc(C2(c3ccccc3)c3ccccc3-c3ccc(N(c4ccc(-c5ccc6ccccc6c5)cc4)c4cccc(-c5cccc6oc7ccccc7c56)c4)cc32)cc1. The number of nitrogens with zero attached hydrogens (tertiary/aromatic N) is 1. The molecule has 0 spiro atoms. The first kappa shape index (κ1) is 35.0. The van der Waals surface area contributed by atoms with Gasteiger partial charge in [-0.1, -0.05) is 182 Å². The highest BCUT2D eigenvalue weighted by atomic mass is 16.3. The molecule has 12 rings (SSSR count). The van der Waals surface area contributed by atoms with E-state index in [4.69, 9.17) is 4.42 Å². The molecule has 2 nitrogen and oxygen atoms in total. The van der Waals surface area contributed by atoms with Gasteiger partial charge in [0.2, 0.25) is 0 Å². The van der Waals surface area contributed by atoms with Crippen molar-refractivity contribution >= 4 is 49.8 Å². The van der Waals surface area contributed by atoms with Gasteiger partial charge in [0.25, 0.3) is 0 Å². The van der Waals surface area contributed by atoms with Crippen LogP contribution in [0, 0.1) is 0 Å². The lowest BCUT2D eigenvalue weighted by Gasteiger charge is -2.35. The number of anilines is 3. The molecule has 0 aliphatic heterocycles. The average molecular weight is 778 g/mol. The number of furan rings is 1. The minimum Gasteiger partial charge on any atom is -0.456 e. The molecule has 2 heteroatoms. The molecule has 10 aromatic carbocycles. The van der Waals surface area contributed by atoms with Crippen molar-refractivity contribution in [2.75, 3.05) is 4.90 Å². The van der Waals surface area contributed by atoms with Crippen LogP contribution in [0.5, 0.6) is 0 Å². The molecule has 286 valence electrons. The molecule has 0 N–H and O–H groups in total. The van der Waals surface area contributed by atoms with Crippen LogP contribution in [0.4, 0.5) is 17.1 Å². The first-order valence-corrected chi connectivity index (χ1v) is 21.0. The Balaban J connectivity index is 1.07. The maximum atomic E-state index is 6.35. The van der Waals surface area contributed by atoms with E-state index in [0.29, 0.717) is 0 Å². The second-order valence-electron chi connectivity index (χ2n) is 16.0. The molecule has 0 fully saturated rings. The van der Waals surface area contributed by atoms with Gasteiger partial charge in [0.1, 0.15) is 11.2 Å². The molecule has 61 heavy (non-hydrogen) atoms. The van der Waals surface area contributed by atoms with Crippen LogP contribution in [0.15, 0.2) is 241 Å². The monoisotopic (exact) mass is 777 g/mol. The fourth-order valence-electron chi connectivity index (χ4n) is 10.0. The lowest BCUT2D eigenvalue weighted by atomic mass is 9.67. The van der Waals surface area contributed by atoms with E-state index in [1.807, 2.05) is 6.07 Å². The first-order valence-electron chi connectivity index (χ1n) is 21.0. The van der Waals surface area contributed by atoms with Crippen molar-refractivity contribution in [3.05, 3.63) is 259 Å². The molecule has 1 aliphatic rings. The molecule has 0 unspecified atom stereocenters. The van der Waals surface area contributed by atoms with Crippen molar-refractivity contribution in [3.63, 3.8) is 0 Å². The van der Waals surface area contributed by atoms with Crippen molar-refractivity contribution < 1.29 is 4.42 Å². The van der Waals surface area contributed by atoms with Crippen molar-refractivity contribution in [1.82, 2.24) is 0 Å². The molecule has 1 aromatic heterocycles. The largest absolute Gasteiger partial charge is 0.456 e. The summed E-state index contributed by atoms with van der Waals surface area (Å²) >= 11 is 0. The molecule has 0 saturated carbocycles. The molecule has 1 aliphatic carbocycles. The van der Waals surface area contributed by atoms with E-state index in [-0.39, 0.29) is 0 Å². The predicted molar refractivity (Wildman–Crippen MR) is 254 cm³/mol. The van der Waals surface area contributed by atoms with Gasteiger partial charge < -0.3 is 9.32 Å². The van der Waals surface area contributed by atoms with Gasteiger partial charge in [-0.25, -0.2) is 0 Å². The highest BCUT2D eigenvalue weighted by molar-refractivity contribution is 6.12. The van der Waals surface area contributed by atoms with Gasteiger partial charge in [0.15, 0.2) is 0 Å². The standard InChI is InChI=1S/C59H39NO/c1-3-18-45(19-4-1)59(46-20-5-2-6-21-46)54-26-11-9-23-51(54)52-36-35-49(39-55(52)59)60(47-33-31-41(32-34-47)43-30-29-40-15-7-8-16-42(40)37-43)48-22-13-17-44(38-48)50-25-14-28-57-58(50)53-24-10-12-27-56(53)61-57/h1-39H. The molecule has 0 atom stereocenters. The van der Waals surface area contributed by atoms with E-state index < -0.39 is 5.41 Å². The van der Waals surface area contributed by atoms with E-state index in [9.17, 15) is 0 Å². The van der Waals surface area contributed by atoms with Gasteiger partial charge >= 0.3 is 0 Å². The zero-order valence-corrected chi connectivity index (χ0v) is 33.4. The van der Waals surface area contributed by atoms with E-state index in [2.05, 4.69) is 235 Å². The topological polar surface area (TPSA) is 16.4 Å². The first-order chi connectivity index (χ1) is 30.2. The van der Waals surface area contributed by atoms with Crippen molar-refractivity contribution in [1.29, 1.82) is 0 Å². The third kappa shape index (κ3) is 5.57. The molecule has 1 heterocycles. The lowest BCUT2D eigenvalue weighted by Crippen LogP contribution is -2.28. The third-order valence-electron chi connectivity index (χ3n) is 12.7. The summed E-state index contributed by atoms with van der Waals surface area (Å²) in [6.45, 7) is 0. The van der Waals surface area contributed by atoms with E-state index in [1.165, 1.54) is 55.3 Å². The summed E-state index contributed by atoms with van der Waals surface area (Å²) in [6, 6.07) is 86.2. The van der Waals surface area contributed by atoms with E-state index in [0.717, 1.165) is 50.1 Å². The smallest absolute Gasteiger partial charge is 0.136 e. The summed E-state index contributed by atoms with van der Waals surface area (Å²) in [6.07, 6.45) is 0. The fraction of sp³-hybridized carbons (Fsp3) is 0.0169. The molecular weight excluding hydrogens is 739 g/mol. The van der Waals surface area contributed by atoms with Gasteiger partial charge in [-0.2, -0.15) is 0 Å². The third-order valence-corrected chi connectivity index (χ3v) is 12.7. The van der Waals surface area contributed by atoms with Crippen LogP contribution in [0.3, 0.4) is 0 Å². The van der Waals surface area contributed by atoms with Gasteiger partial charge in [-0.05, 0) is 121 Å². The lowest BCUT2D eigenvalue weighted by molar-refractivity contribution is 0.669. The molecule has 0 bridgehead atoms. The van der Waals surface area contributed by atoms with Crippen LogP contribution >= 0.6 is 0 Å².